The lowest BCUT2D eigenvalue weighted by Gasteiger charge is -2.18. The first-order valence-electron chi connectivity index (χ1n) is 7.66. The molecular formula is C17H24N2O. The molecule has 0 unspecified atom stereocenters. The average molecular weight is 272 g/mol. The van der Waals surface area contributed by atoms with Gasteiger partial charge >= 0.3 is 0 Å². The maximum absolute atomic E-state index is 5.82. The van der Waals surface area contributed by atoms with E-state index in [1.165, 1.54) is 31.2 Å². The number of hydrogen-bond acceptors (Lipinski definition) is 3. The first kappa shape index (κ1) is 13.6. The highest BCUT2D eigenvalue weighted by Crippen LogP contribution is 2.26. The van der Waals surface area contributed by atoms with Crippen LogP contribution < -0.4 is 5.32 Å². The molecule has 1 N–H and O–H groups in total. The minimum atomic E-state index is 0.148. The number of benzene rings is 1. The van der Waals surface area contributed by atoms with Gasteiger partial charge in [-0.3, -0.25) is 0 Å². The van der Waals surface area contributed by atoms with Crippen molar-refractivity contribution in [2.75, 3.05) is 0 Å². The SMILES string of the molecule is CC(C)(C)c1ccc2oc(CNC3CCCC3)nc2c1. The molecule has 0 atom stereocenters. The summed E-state index contributed by atoms with van der Waals surface area (Å²) in [6.07, 6.45) is 5.27. The summed E-state index contributed by atoms with van der Waals surface area (Å²) >= 11 is 0. The molecule has 0 saturated heterocycles. The predicted molar refractivity (Wildman–Crippen MR) is 81.8 cm³/mol. The van der Waals surface area contributed by atoms with E-state index in [-0.39, 0.29) is 5.41 Å². The Morgan fingerprint density at radius 2 is 2.00 bits per heavy atom. The zero-order valence-electron chi connectivity index (χ0n) is 12.7. The molecule has 3 nitrogen and oxygen atoms in total. The molecule has 2 aromatic rings. The summed E-state index contributed by atoms with van der Waals surface area (Å²) in [6, 6.07) is 6.98. The molecule has 1 fully saturated rings. The van der Waals surface area contributed by atoms with Crippen LogP contribution in [0.3, 0.4) is 0 Å². The summed E-state index contributed by atoms with van der Waals surface area (Å²) in [7, 11) is 0. The van der Waals surface area contributed by atoms with Gasteiger partial charge < -0.3 is 9.73 Å². The lowest BCUT2D eigenvalue weighted by atomic mass is 9.87. The molecule has 1 aliphatic rings. The van der Waals surface area contributed by atoms with E-state index >= 15 is 0 Å². The van der Waals surface area contributed by atoms with Crippen molar-refractivity contribution in [3.63, 3.8) is 0 Å². The van der Waals surface area contributed by atoms with Crippen molar-refractivity contribution in [2.45, 2.75) is 64.5 Å². The molecule has 20 heavy (non-hydrogen) atoms. The van der Waals surface area contributed by atoms with E-state index in [4.69, 9.17) is 4.42 Å². The fourth-order valence-corrected chi connectivity index (χ4v) is 2.88. The van der Waals surface area contributed by atoms with E-state index in [2.05, 4.69) is 43.2 Å². The lowest BCUT2D eigenvalue weighted by molar-refractivity contribution is 0.450. The molecule has 1 aromatic heterocycles. The second kappa shape index (κ2) is 5.21. The highest BCUT2D eigenvalue weighted by Gasteiger charge is 2.17. The Morgan fingerprint density at radius 3 is 2.70 bits per heavy atom. The first-order valence-corrected chi connectivity index (χ1v) is 7.66. The van der Waals surface area contributed by atoms with Gasteiger partial charge in [-0.15, -0.1) is 0 Å². The molecular weight excluding hydrogens is 248 g/mol. The van der Waals surface area contributed by atoms with Crippen LogP contribution in [0.5, 0.6) is 0 Å². The Balaban J connectivity index is 1.76. The monoisotopic (exact) mass is 272 g/mol. The number of rotatable bonds is 3. The third kappa shape index (κ3) is 2.88. The van der Waals surface area contributed by atoms with Crippen molar-refractivity contribution in [1.29, 1.82) is 0 Å². The van der Waals surface area contributed by atoms with Gasteiger partial charge in [0, 0.05) is 6.04 Å². The molecule has 0 spiro atoms. The minimum absolute atomic E-state index is 0.148. The third-order valence-corrected chi connectivity index (χ3v) is 4.20. The van der Waals surface area contributed by atoms with Gasteiger partial charge in [0.25, 0.3) is 0 Å². The molecule has 1 saturated carbocycles. The van der Waals surface area contributed by atoms with Gasteiger partial charge in [0.1, 0.15) is 5.52 Å². The van der Waals surface area contributed by atoms with Gasteiger partial charge in [0.15, 0.2) is 5.58 Å². The van der Waals surface area contributed by atoms with E-state index in [0.29, 0.717) is 6.04 Å². The van der Waals surface area contributed by atoms with Crippen molar-refractivity contribution < 1.29 is 4.42 Å². The van der Waals surface area contributed by atoms with Crippen molar-refractivity contribution in [1.82, 2.24) is 10.3 Å². The van der Waals surface area contributed by atoms with Crippen LogP contribution in [0.2, 0.25) is 0 Å². The second-order valence-electron chi connectivity index (χ2n) is 6.90. The zero-order chi connectivity index (χ0) is 14.2. The Bertz CT molecular complexity index is 589. The molecule has 1 aliphatic carbocycles. The summed E-state index contributed by atoms with van der Waals surface area (Å²) in [5, 5.41) is 3.55. The Labute approximate surface area is 120 Å². The van der Waals surface area contributed by atoms with Crippen LogP contribution in [-0.4, -0.2) is 11.0 Å². The highest BCUT2D eigenvalue weighted by atomic mass is 16.3. The Hall–Kier alpha value is -1.35. The molecule has 1 aromatic carbocycles. The van der Waals surface area contributed by atoms with Gasteiger partial charge in [-0.1, -0.05) is 39.7 Å². The topological polar surface area (TPSA) is 38.1 Å². The van der Waals surface area contributed by atoms with Gasteiger partial charge in [-0.2, -0.15) is 0 Å². The molecule has 3 heteroatoms. The number of nitrogens with one attached hydrogen (secondary N) is 1. The van der Waals surface area contributed by atoms with Crippen molar-refractivity contribution in [3.05, 3.63) is 29.7 Å². The standard InChI is InChI=1S/C17H24N2O/c1-17(2,3)12-8-9-15-14(10-12)19-16(20-15)11-18-13-6-4-5-7-13/h8-10,13,18H,4-7,11H2,1-3H3. The van der Waals surface area contributed by atoms with E-state index in [1.807, 2.05) is 6.07 Å². The molecule has 3 rings (SSSR count). The normalized spacial score (nSPS) is 17.1. The average Bonchev–Trinajstić information content (AvgIpc) is 3.03. The van der Waals surface area contributed by atoms with Crippen LogP contribution in [0, 0.1) is 0 Å². The largest absolute Gasteiger partial charge is 0.439 e. The van der Waals surface area contributed by atoms with Crippen LogP contribution in [0.15, 0.2) is 22.6 Å². The molecule has 1 heterocycles. The van der Waals surface area contributed by atoms with Crippen molar-refractivity contribution >= 4 is 11.1 Å². The van der Waals surface area contributed by atoms with Gasteiger partial charge in [-0.05, 0) is 36.0 Å². The Kier molecular flexibility index (Phi) is 3.55. The second-order valence-corrected chi connectivity index (χ2v) is 6.90. The summed E-state index contributed by atoms with van der Waals surface area (Å²) in [4.78, 5) is 4.62. The van der Waals surface area contributed by atoms with Gasteiger partial charge in [0.2, 0.25) is 5.89 Å². The molecule has 0 radical (unpaired) electrons. The zero-order valence-corrected chi connectivity index (χ0v) is 12.7. The molecule has 0 amide bonds. The van der Waals surface area contributed by atoms with E-state index in [9.17, 15) is 0 Å². The van der Waals surface area contributed by atoms with Crippen molar-refractivity contribution in [2.24, 2.45) is 0 Å². The number of hydrogen-bond donors (Lipinski definition) is 1. The van der Waals surface area contributed by atoms with Crippen LogP contribution in [0.25, 0.3) is 11.1 Å². The van der Waals surface area contributed by atoms with Gasteiger partial charge in [0.05, 0.1) is 6.54 Å². The maximum Gasteiger partial charge on any atom is 0.209 e. The fourth-order valence-electron chi connectivity index (χ4n) is 2.88. The molecule has 0 aliphatic heterocycles. The quantitative estimate of drug-likeness (QED) is 0.911. The third-order valence-electron chi connectivity index (χ3n) is 4.20. The smallest absolute Gasteiger partial charge is 0.209 e. The fraction of sp³-hybridized carbons (Fsp3) is 0.588. The highest BCUT2D eigenvalue weighted by molar-refractivity contribution is 5.73. The minimum Gasteiger partial charge on any atom is -0.439 e. The van der Waals surface area contributed by atoms with Crippen LogP contribution in [-0.2, 0) is 12.0 Å². The van der Waals surface area contributed by atoms with E-state index < -0.39 is 0 Å². The van der Waals surface area contributed by atoms with Crippen molar-refractivity contribution in [3.8, 4) is 0 Å². The van der Waals surface area contributed by atoms with E-state index in [0.717, 1.165) is 23.5 Å². The summed E-state index contributed by atoms with van der Waals surface area (Å²) in [6.45, 7) is 7.40. The van der Waals surface area contributed by atoms with E-state index in [1.54, 1.807) is 0 Å². The number of aromatic nitrogens is 1. The number of oxazole rings is 1. The van der Waals surface area contributed by atoms with Crippen LogP contribution in [0.1, 0.15) is 57.9 Å². The maximum atomic E-state index is 5.82. The van der Waals surface area contributed by atoms with Crippen LogP contribution in [0.4, 0.5) is 0 Å². The summed E-state index contributed by atoms with van der Waals surface area (Å²) in [5.74, 6) is 0.804. The molecule has 108 valence electrons. The first-order chi connectivity index (χ1) is 9.52. The molecule has 0 bridgehead atoms. The number of fused-ring (bicyclic) bond motifs is 1. The summed E-state index contributed by atoms with van der Waals surface area (Å²) in [5.41, 5.74) is 3.31. The number of nitrogens with zero attached hydrogens (tertiary/aromatic N) is 1. The van der Waals surface area contributed by atoms with Gasteiger partial charge in [-0.25, -0.2) is 4.98 Å². The lowest BCUT2D eigenvalue weighted by Crippen LogP contribution is -2.25. The Morgan fingerprint density at radius 1 is 1.25 bits per heavy atom. The summed E-state index contributed by atoms with van der Waals surface area (Å²) < 4.78 is 5.82. The van der Waals surface area contributed by atoms with Crippen LogP contribution >= 0.6 is 0 Å². The predicted octanol–water partition coefficient (Wildman–Crippen LogP) is 4.16.